The summed E-state index contributed by atoms with van der Waals surface area (Å²) in [6.45, 7) is 1.94. The molecule has 0 radical (unpaired) electrons. The van der Waals surface area contributed by atoms with Gasteiger partial charge in [0, 0.05) is 15.5 Å². The van der Waals surface area contributed by atoms with Crippen LogP contribution in [-0.4, -0.2) is 0 Å². The molecule has 0 aromatic heterocycles. The molecule has 2 aromatic rings. The Morgan fingerprint density at radius 3 is 2.79 bits per heavy atom. The van der Waals surface area contributed by atoms with Gasteiger partial charge in [-0.25, -0.2) is 4.39 Å². The van der Waals surface area contributed by atoms with E-state index in [0.717, 1.165) is 21.2 Å². The van der Waals surface area contributed by atoms with E-state index in [0.29, 0.717) is 11.4 Å². The molecule has 0 aliphatic heterocycles. The zero-order valence-corrected chi connectivity index (χ0v) is 12.8. The van der Waals surface area contributed by atoms with Crippen LogP contribution in [-0.2, 0) is 6.42 Å². The molecule has 1 nitrogen and oxygen atoms in total. The molecule has 0 aliphatic carbocycles. The largest absolute Gasteiger partial charge is 0.324 e. The summed E-state index contributed by atoms with van der Waals surface area (Å²) in [7, 11) is 0. The molecule has 0 amide bonds. The number of halogens is 3. The number of hydrogen-bond acceptors (Lipinski definition) is 1. The zero-order chi connectivity index (χ0) is 14.0. The highest BCUT2D eigenvalue weighted by molar-refractivity contribution is 9.10. The van der Waals surface area contributed by atoms with Crippen molar-refractivity contribution in [2.24, 2.45) is 5.73 Å². The lowest BCUT2D eigenvalue weighted by atomic mass is 9.98. The molecule has 0 bridgehead atoms. The van der Waals surface area contributed by atoms with Gasteiger partial charge >= 0.3 is 0 Å². The summed E-state index contributed by atoms with van der Waals surface area (Å²) in [5.74, 6) is -0.263. The van der Waals surface area contributed by atoms with Crippen LogP contribution in [0.15, 0.2) is 40.9 Å². The van der Waals surface area contributed by atoms with Crippen molar-refractivity contribution in [2.45, 2.75) is 19.4 Å². The van der Waals surface area contributed by atoms with Gasteiger partial charge < -0.3 is 5.73 Å². The van der Waals surface area contributed by atoms with Crippen molar-refractivity contribution < 1.29 is 4.39 Å². The standard InChI is InChI=1S/C15H14BrClFN/c1-9-3-2-4-12(15(9)17)14(19)8-10-7-11(18)5-6-13(10)16/h2-7,14H,8,19H2,1H3. The van der Waals surface area contributed by atoms with E-state index in [1.54, 1.807) is 6.07 Å². The first kappa shape index (κ1) is 14.5. The fourth-order valence-corrected chi connectivity index (χ4v) is 2.68. The second kappa shape index (κ2) is 6.04. The molecule has 0 spiro atoms. The van der Waals surface area contributed by atoms with Gasteiger partial charge in [0.15, 0.2) is 0 Å². The highest BCUT2D eigenvalue weighted by atomic mass is 79.9. The van der Waals surface area contributed by atoms with E-state index in [9.17, 15) is 4.39 Å². The molecular weight excluding hydrogens is 329 g/mol. The van der Waals surface area contributed by atoms with Crippen molar-refractivity contribution in [3.8, 4) is 0 Å². The number of hydrogen-bond donors (Lipinski definition) is 1. The smallest absolute Gasteiger partial charge is 0.123 e. The minimum absolute atomic E-state index is 0.259. The predicted molar refractivity (Wildman–Crippen MR) is 80.9 cm³/mol. The van der Waals surface area contributed by atoms with E-state index >= 15 is 0 Å². The highest BCUT2D eigenvalue weighted by Crippen LogP contribution is 2.29. The van der Waals surface area contributed by atoms with Gasteiger partial charge in [-0.15, -0.1) is 0 Å². The Morgan fingerprint density at radius 2 is 2.05 bits per heavy atom. The van der Waals surface area contributed by atoms with Crippen LogP contribution >= 0.6 is 27.5 Å². The summed E-state index contributed by atoms with van der Waals surface area (Å²) in [5, 5.41) is 0.683. The molecule has 0 saturated carbocycles. The van der Waals surface area contributed by atoms with Gasteiger partial charge in [0.05, 0.1) is 0 Å². The van der Waals surface area contributed by atoms with E-state index in [4.69, 9.17) is 17.3 Å². The van der Waals surface area contributed by atoms with Gasteiger partial charge in [-0.1, -0.05) is 45.7 Å². The van der Waals surface area contributed by atoms with Crippen molar-refractivity contribution in [1.82, 2.24) is 0 Å². The van der Waals surface area contributed by atoms with E-state index in [1.165, 1.54) is 12.1 Å². The van der Waals surface area contributed by atoms with E-state index in [1.807, 2.05) is 25.1 Å². The maximum Gasteiger partial charge on any atom is 0.123 e. The molecule has 0 heterocycles. The van der Waals surface area contributed by atoms with Crippen LogP contribution in [0.25, 0.3) is 0 Å². The SMILES string of the molecule is Cc1cccc(C(N)Cc2cc(F)ccc2Br)c1Cl. The molecule has 0 fully saturated rings. The maximum absolute atomic E-state index is 13.3. The molecule has 100 valence electrons. The number of benzene rings is 2. The predicted octanol–water partition coefficient (Wildman–Crippen LogP) is 4.79. The Hall–Kier alpha value is -0.900. The lowest BCUT2D eigenvalue weighted by molar-refractivity contribution is 0.621. The first-order valence-corrected chi connectivity index (χ1v) is 7.10. The van der Waals surface area contributed by atoms with Gasteiger partial charge in [-0.2, -0.15) is 0 Å². The van der Waals surface area contributed by atoms with E-state index in [-0.39, 0.29) is 11.9 Å². The maximum atomic E-state index is 13.3. The van der Waals surface area contributed by atoms with Gasteiger partial charge in [-0.3, -0.25) is 0 Å². The molecular formula is C15H14BrClFN. The summed E-state index contributed by atoms with van der Waals surface area (Å²) in [5.41, 5.74) is 8.91. The zero-order valence-electron chi connectivity index (χ0n) is 10.5. The second-order valence-corrected chi connectivity index (χ2v) is 5.76. The molecule has 0 aliphatic rings. The van der Waals surface area contributed by atoms with Crippen LogP contribution in [0.5, 0.6) is 0 Å². The van der Waals surface area contributed by atoms with Crippen molar-refractivity contribution in [3.05, 3.63) is 68.4 Å². The molecule has 1 atom stereocenters. The third kappa shape index (κ3) is 3.35. The van der Waals surface area contributed by atoms with Crippen LogP contribution in [0.3, 0.4) is 0 Å². The van der Waals surface area contributed by atoms with Crippen LogP contribution in [0.4, 0.5) is 4.39 Å². The van der Waals surface area contributed by atoms with Gasteiger partial charge in [0.2, 0.25) is 0 Å². The average Bonchev–Trinajstić information content (AvgIpc) is 2.37. The summed E-state index contributed by atoms with van der Waals surface area (Å²) >= 11 is 9.67. The Balaban J connectivity index is 2.28. The van der Waals surface area contributed by atoms with E-state index in [2.05, 4.69) is 15.9 Å². The first-order chi connectivity index (χ1) is 8.99. The fraction of sp³-hybridized carbons (Fsp3) is 0.200. The number of rotatable bonds is 3. The number of aryl methyl sites for hydroxylation is 1. The van der Waals surface area contributed by atoms with Crippen molar-refractivity contribution >= 4 is 27.5 Å². The third-order valence-electron chi connectivity index (χ3n) is 3.07. The van der Waals surface area contributed by atoms with Gasteiger partial charge in [-0.05, 0) is 48.2 Å². The topological polar surface area (TPSA) is 26.0 Å². The van der Waals surface area contributed by atoms with Crippen LogP contribution in [0, 0.1) is 12.7 Å². The summed E-state index contributed by atoms with van der Waals surface area (Å²) < 4.78 is 14.1. The lowest BCUT2D eigenvalue weighted by Gasteiger charge is -2.16. The Kier molecular flexibility index (Phi) is 4.61. The lowest BCUT2D eigenvalue weighted by Crippen LogP contribution is -2.14. The first-order valence-electron chi connectivity index (χ1n) is 5.93. The quantitative estimate of drug-likeness (QED) is 0.852. The third-order valence-corrected chi connectivity index (χ3v) is 4.36. The van der Waals surface area contributed by atoms with Crippen LogP contribution < -0.4 is 5.73 Å². The Labute approximate surface area is 125 Å². The normalized spacial score (nSPS) is 12.5. The van der Waals surface area contributed by atoms with Crippen LogP contribution in [0.2, 0.25) is 5.02 Å². The van der Waals surface area contributed by atoms with E-state index < -0.39 is 0 Å². The minimum Gasteiger partial charge on any atom is -0.324 e. The number of nitrogens with two attached hydrogens (primary N) is 1. The van der Waals surface area contributed by atoms with Crippen molar-refractivity contribution in [1.29, 1.82) is 0 Å². The highest BCUT2D eigenvalue weighted by Gasteiger charge is 2.14. The molecule has 2 aromatic carbocycles. The summed E-state index contributed by atoms with van der Waals surface area (Å²) in [6.07, 6.45) is 0.529. The molecule has 2 N–H and O–H groups in total. The monoisotopic (exact) mass is 341 g/mol. The molecule has 1 unspecified atom stereocenters. The van der Waals surface area contributed by atoms with Gasteiger partial charge in [0.25, 0.3) is 0 Å². The van der Waals surface area contributed by atoms with Crippen molar-refractivity contribution in [3.63, 3.8) is 0 Å². The molecule has 2 rings (SSSR count). The van der Waals surface area contributed by atoms with Gasteiger partial charge in [0.1, 0.15) is 5.82 Å². The fourth-order valence-electron chi connectivity index (χ4n) is 2.00. The average molecular weight is 343 g/mol. The minimum atomic E-state index is -0.263. The summed E-state index contributed by atoms with van der Waals surface area (Å²) in [4.78, 5) is 0. The molecule has 0 saturated heterocycles. The van der Waals surface area contributed by atoms with Crippen molar-refractivity contribution in [2.75, 3.05) is 0 Å². The summed E-state index contributed by atoms with van der Waals surface area (Å²) in [6, 6.07) is 10.1. The second-order valence-electron chi connectivity index (χ2n) is 4.52. The molecule has 19 heavy (non-hydrogen) atoms. The Morgan fingerprint density at radius 1 is 1.32 bits per heavy atom. The Bertz CT molecular complexity index is 601. The molecule has 4 heteroatoms. The van der Waals surface area contributed by atoms with Crippen LogP contribution in [0.1, 0.15) is 22.7 Å².